The molecule has 0 bridgehead atoms. The van der Waals surface area contributed by atoms with Crippen molar-refractivity contribution >= 4 is 32.7 Å². The quantitative estimate of drug-likeness (QED) is 0.634. The van der Waals surface area contributed by atoms with E-state index in [9.17, 15) is 13.6 Å². The van der Waals surface area contributed by atoms with Gasteiger partial charge in [-0.1, -0.05) is 6.07 Å². The van der Waals surface area contributed by atoms with E-state index in [2.05, 4.69) is 15.9 Å². The monoisotopic (exact) mass is 336 g/mol. The molecule has 0 radical (unpaired) electrons. The molecule has 0 N–H and O–H groups in total. The van der Waals surface area contributed by atoms with E-state index in [1.807, 2.05) is 0 Å². The molecular formula is C15H7BrF2O2. The van der Waals surface area contributed by atoms with Gasteiger partial charge < -0.3 is 4.42 Å². The Hall–Kier alpha value is -2.01. The van der Waals surface area contributed by atoms with E-state index in [-0.39, 0.29) is 11.3 Å². The average Bonchev–Trinajstić information content (AvgIpc) is 2.81. The SMILES string of the molecule is O=C(c1cc2cc(F)ccc2o1)c1c(F)cccc1Br. The van der Waals surface area contributed by atoms with Crippen molar-refractivity contribution in [2.45, 2.75) is 0 Å². The minimum atomic E-state index is -0.643. The highest BCUT2D eigenvalue weighted by Crippen LogP contribution is 2.26. The van der Waals surface area contributed by atoms with Crippen molar-refractivity contribution < 1.29 is 18.0 Å². The highest BCUT2D eigenvalue weighted by molar-refractivity contribution is 9.10. The second kappa shape index (κ2) is 4.83. The molecule has 3 aromatic rings. The summed E-state index contributed by atoms with van der Waals surface area (Å²) in [7, 11) is 0. The van der Waals surface area contributed by atoms with E-state index < -0.39 is 17.4 Å². The van der Waals surface area contributed by atoms with Gasteiger partial charge >= 0.3 is 0 Å². The first-order chi connectivity index (χ1) is 9.56. The Morgan fingerprint density at radius 3 is 2.65 bits per heavy atom. The summed E-state index contributed by atoms with van der Waals surface area (Å²) in [5, 5.41) is 0.459. The van der Waals surface area contributed by atoms with Crippen LogP contribution in [0, 0.1) is 11.6 Å². The first kappa shape index (κ1) is 13.0. The second-order valence-electron chi connectivity index (χ2n) is 4.22. The van der Waals surface area contributed by atoms with Crippen LogP contribution in [0.25, 0.3) is 11.0 Å². The molecule has 0 saturated heterocycles. The van der Waals surface area contributed by atoms with Gasteiger partial charge in [0.15, 0.2) is 5.76 Å². The summed E-state index contributed by atoms with van der Waals surface area (Å²) in [5.74, 6) is -1.69. The highest BCUT2D eigenvalue weighted by Gasteiger charge is 2.21. The third-order valence-electron chi connectivity index (χ3n) is 2.89. The fourth-order valence-electron chi connectivity index (χ4n) is 1.96. The van der Waals surface area contributed by atoms with Crippen LogP contribution in [0.5, 0.6) is 0 Å². The number of hydrogen-bond donors (Lipinski definition) is 0. The molecule has 0 fully saturated rings. The molecule has 0 atom stereocenters. The van der Waals surface area contributed by atoms with Crippen molar-refractivity contribution in [3.05, 3.63) is 69.9 Å². The summed E-state index contributed by atoms with van der Waals surface area (Å²) in [6, 6.07) is 9.58. The zero-order chi connectivity index (χ0) is 14.3. The van der Waals surface area contributed by atoms with Gasteiger partial charge in [-0.25, -0.2) is 8.78 Å². The minimum Gasteiger partial charge on any atom is -0.453 e. The summed E-state index contributed by atoms with van der Waals surface area (Å²) < 4.78 is 32.5. The molecule has 3 rings (SSSR count). The lowest BCUT2D eigenvalue weighted by atomic mass is 10.1. The van der Waals surface area contributed by atoms with Crippen LogP contribution < -0.4 is 0 Å². The van der Waals surface area contributed by atoms with Crippen molar-refractivity contribution in [3.8, 4) is 0 Å². The predicted molar refractivity (Wildman–Crippen MR) is 73.7 cm³/mol. The Morgan fingerprint density at radius 1 is 1.10 bits per heavy atom. The maximum atomic E-state index is 13.8. The zero-order valence-corrected chi connectivity index (χ0v) is 11.6. The van der Waals surface area contributed by atoms with Gasteiger partial charge in [-0.15, -0.1) is 0 Å². The van der Waals surface area contributed by atoms with Crippen molar-refractivity contribution in [3.63, 3.8) is 0 Å². The van der Waals surface area contributed by atoms with Gasteiger partial charge in [0, 0.05) is 9.86 Å². The Balaban J connectivity index is 2.13. The molecule has 0 aliphatic carbocycles. The van der Waals surface area contributed by atoms with Crippen LogP contribution in [0.2, 0.25) is 0 Å². The third kappa shape index (κ3) is 2.14. The number of furan rings is 1. The normalized spacial score (nSPS) is 10.9. The van der Waals surface area contributed by atoms with Crippen LogP contribution in [-0.4, -0.2) is 5.78 Å². The number of ketones is 1. The number of halogens is 3. The number of fused-ring (bicyclic) bond motifs is 1. The van der Waals surface area contributed by atoms with E-state index in [0.29, 0.717) is 15.4 Å². The molecule has 100 valence electrons. The summed E-state index contributed by atoms with van der Waals surface area (Å²) >= 11 is 3.14. The first-order valence-corrected chi connectivity index (χ1v) is 6.53. The molecule has 0 unspecified atom stereocenters. The van der Waals surface area contributed by atoms with Gasteiger partial charge in [0.05, 0.1) is 5.56 Å². The molecule has 0 aliphatic heterocycles. The van der Waals surface area contributed by atoms with Gasteiger partial charge in [0.1, 0.15) is 17.2 Å². The number of carbonyl (C=O) groups excluding carboxylic acids is 1. The van der Waals surface area contributed by atoms with Crippen molar-refractivity contribution in [2.75, 3.05) is 0 Å². The van der Waals surface area contributed by atoms with Crippen molar-refractivity contribution in [2.24, 2.45) is 0 Å². The summed E-state index contributed by atoms with van der Waals surface area (Å²) in [6.45, 7) is 0. The standard InChI is InChI=1S/C15H7BrF2O2/c16-10-2-1-3-11(18)14(10)15(19)13-7-8-6-9(17)4-5-12(8)20-13/h1-7H. The fourth-order valence-corrected chi connectivity index (χ4v) is 2.49. The Morgan fingerprint density at radius 2 is 1.90 bits per heavy atom. The van der Waals surface area contributed by atoms with Crippen LogP contribution in [0.4, 0.5) is 8.78 Å². The number of carbonyl (C=O) groups is 1. The summed E-state index contributed by atoms with van der Waals surface area (Å²) in [5.41, 5.74) is 0.272. The zero-order valence-electron chi connectivity index (χ0n) is 9.99. The molecule has 20 heavy (non-hydrogen) atoms. The van der Waals surface area contributed by atoms with Crippen LogP contribution in [-0.2, 0) is 0 Å². The van der Waals surface area contributed by atoms with E-state index in [4.69, 9.17) is 4.42 Å². The molecule has 1 heterocycles. The Kier molecular flexibility index (Phi) is 3.14. The van der Waals surface area contributed by atoms with Crippen LogP contribution >= 0.6 is 15.9 Å². The molecule has 2 aromatic carbocycles. The minimum absolute atomic E-state index is 0.0311. The topological polar surface area (TPSA) is 30.2 Å². The predicted octanol–water partition coefficient (Wildman–Crippen LogP) is 4.70. The highest BCUT2D eigenvalue weighted by atomic mass is 79.9. The van der Waals surface area contributed by atoms with Crippen molar-refractivity contribution in [1.82, 2.24) is 0 Å². The molecule has 0 saturated carbocycles. The molecule has 1 aromatic heterocycles. The van der Waals surface area contributed by atoms with E-state index >= 15 is 0 Å². The lowest BCUT2D eigenvalue weighted by Gasteiger charge is -2.02. The van der Waals surface area contributed by atoms with E-state index in [1.54, 1.807) is 6.07 Å². The summed E-state index contributed by atoms with van der Waals surface area (Å²) in [6.07, 6.45) is 0. The number of benzene rings is 2. The largest absolute Gasteiger partial charge is 0.453 e. The third-order valence-corrected chi connectivity index (χ3v) is 3.55. The van der Waals surface area contributed by atoms with E-state index in [1.165, 1.54) is 36.4 Å². The fraction of sp³-hybridized carbons (Fsp3) is 0. The maximum Gasteiger partial charge on any atom is 0.232 e. The van der Waals surface area contributed by atoms with Crippen LogP contribution in [0.3, 0.4) is 0 Å². The Labute approximate surface area is 121 Å². The molecule has 5 heteroatoms. The lowest BCUT2D eigenvalue weighted by Crippen LogP contribution is -2.04. The second-order valence-corrected chi connectivity index (χ2v) is 5.07. The molecule has 0 aliphatic rings. The number of rotatable bonds is 2. The lowest BCUT2D eigenvalue weighted by molar-refractivity contribution is 0.101. The molecule has 0 spiro atoms. The average molecular weight is 337 g/mol. The first-order valence-electron chi connectivity index (χ1n) is 5.74. The summed E-state index contributed by atoms with van der Waals surface area (Å²) in [4.78, 5) is 12.3. The van der Waals surface area contributed by atoms with Gasteiger partial charge in [-0.3, -0.25) is 4.79 Å². The number of hydrogen-bond acceptors (Lipinski definition) is 2. The molecule has 2 nitrogen and oxygen atoms in total. The van der Waals surface area contributed by atoms with Gasteiger partial charge in [0.2, 0.25) is 5.78 Å². The molecule has 0 amide bonds. The van der Waals surface area contributed by atoms with Gasteiger partial charge in [-0.2, -0.15) is 0 Å². The van der Waals surface area contributed by atoms with Gasteiger partial charge in [0.25, 0.3) is 0 Å². The van der Waals surface area contributed by atoms with E-state index in [0.717, 1.165) is 0 Å². The van der Waals surface area contributed by atoms with Crippen LogP contribution in [0.15, 0.2) is 51.4 Å². The Bertz CT molecular complexity index is 804. The maximum absolute atomic E-state index is 13.8. The van der Waals surface area contributed by atoms with Crippen molar-refractivity contribution in [1.29, 1.82) is 0 Å². The van der Waals surface area contributed by atoms with Crippen LogP contribution in [0.1, 0.15) is 16.1 Å². The molecular weight excluding hydrogens is 330 g/mol. The smallest absolute Gasteiger partial charge is 0.232 e. The van der Waals surface area contributed by atoms with Gasteiger partial charge in [-0.05, 0) is 52.3 Å².